The zero-order chi connectivity index (χ0) is 14.7. The van der Waals surface area contributed by atoms with Crippen LogP contribution < -0.4 is 5.32 Å². The molecule has 7 heteroatoms. The van der Waals surface area contributed by atoms with Gasteiger partial charge in [0.15, 0.2) is 8.68 Å². The molecule has 0 aliphatic heterocycles. The van der Waals surface area contributed by atoms with Crippen LogP contribution in [0.3, 0.4) is 0 Å². The molecule has 0 radical (unpaired) electrons. The van der Waals surface area contributed by atoms with Gasteiger partial charge in [0, 0.05) is 5.69 Å². The lowest BCUT2D eigenvalue weighted by Gasteiger charge is -2.06. The molecule has 1 aromatic carbocycles. The summed E-state index contributed by atoms with van der Waals surface area (Å²) in [6.45, 7) is 0. The second kappa shape index (κ2) is 6.81. The van der Waals surface area contributed by atoms with Crippen LogP contribution in [0.25, 0.3) is 0 Å². The first-order valence-corrected chi connectivity index (χ1v) is 9.69. The highest BCUT2D eigenvalue weighted by Gasteiger charge is 2.12. The van der Waals surface area contributed by atoms with E-state index in [1.54, 1.807) is 11.8 Å². The minimum atomic E-state index is -0.00107. The number of nitrogens with zero attached hydrogens (tertiary/aromatic N) is 2. The highest BCUT2D eigenvalue weighted by Crippen LogP contribution is 2.28. The van der Waals surface area contributed by atoms with Crippen molar-refractivity contribution in [2.24, 2.45) is 0 Å². The Morgan fingerprint density at radius 3 is 2.90 bits per heavy atom. The molecule has 1 aliphatic rings. The first-order valence-electron chi connectivity index (χ1n) is 6.66. The topological polar surface area (TPSA) is 54.9 Å². The zero-order valence-electron chi connectivity index (χ0n) is 11.6. The molecule has 2 aromatic rings. The fraction of sp³-hybridized carbons (Fsp3) is 0.357. The summed E-state index contributed by atoms with van der Waals surface area (Å²) >= 11 is 4.52. The zero-order valence-corrected chi connectivity index (χ0v) is 14.0. The molecule has 21 heavy (non-hydrogen) atoms. The first kappa shape index (κ1) is 14.9. The molecule has 0 saturated carbocycles. The highest BCUT2D eigenvalue weighted by atomic mass is 32.2. The van der Waals surface area contributed by atoms with Crippen molar-refractivity contribution in [1.29, 1.82) is 0 Å². The first-order chi connectivity index (χ1) is 10.2. The molecule has 0 fully saturated rings. The van der Waals surface area contributed by atoms with Gasteiger partial charge in [0.1, 0.15) is 0 Å². The summed E-state index contributed by atoms with van der Waals surface area (Å²) in [6, 6.07) is 6.21. The third-order valence-electron chi connectivity index (χ3n) is 3.27. The van der Waals surface area contributed by atoms with Gasteiger partial charge in [-0.05, 0) is 48.8 Å². The molecule has 1 heterocycles. The van der Waals surface area contributed by atoms with Crippen molar-refractivity contribution in [2.75, 3.05) is 17.3 Å². The van der Waals surface area contributed by atoms with Gasteiger partial charge in [-0.2, -0.15) is 0 Å². The molecule has 4 nitrogen and oxygen atoms in total. The normalized spacial score (nSPS) is 13.2. The maximum Gasteiger partial charge on any atom is 0.234 e. The summed E-state index contributed by atoms with van der Waals surface area (Å²) in [5.41, 5.74) is 3.68. The number of aromatic nitrogens is 2. The van der Waals surface area contributed by atoms with Crippen LogP contribution in [-0.2, 0) is 17.6 Å². The fourth-order valence-electron chi connectivity index (χ4n) is 2.31. The quantitative estimate of drug-likeness (QED) is 0.847. The predicted octanol–water partition coefficient (Wildman–Crippen LogP) is 3.48. The Kier molecular flexibility index (Phi) is 4.82. The predicted molar refractivity (Wildman–Crippen MR) is 89.5 cm³/mol. The lowest BCUT2D eigenvalue weighted by molar-refractivity contribution is -0.113. The number of anilines is 1. The molecule has 0 unspecified atom stereocenters. The Morgan fingerprint density at radius 1 is 1.29 bits per heavy atom. The van der Waals surface area contributed by atoms with Crippen molar-refractivity contribution < 1.29 is 4.79 Å². The summed E-state index contributed by atoms with van der Waals surface area (Å²) in [5.74, 6) is 0.360. The number of carbonyl (C=O) groups is 1. The number of rotatable bonds is 5. The third-order valence-corrected chi connectivity index (χ3v) is 6.30. The summed E-state index contributed by atoms with van der Waals surface area (Å²) in [5, 5.41) is 11.0. The number of benzene rings is 1. The summed E-state index contributed by atoms with van der Waals surface area (Å²) in [4.78, 5) is 12.0. The second-order valence-corrected chi connectivity index (χ2v) is 7.97. The van der Waals surface area contributed by atoms with Gasteiger partial charge in [-0.3, -0.25) is 4.79 Å². The van der Waals surface area contributed by atoms with Gasteiger partial charge in [0.25, 0.3) is 0 Å². The Morgan fingerprint density at radius 2 is 2.10 bits per heavy atom. The van der Waals surface area contributed by atoms with Gasteiger partial charge in [-0.15, -0.1) is 10.2 Å². The Bertz CT molecular complexity index is 657. The van der Waals surface area contributed by atoms with Crippen molar-refractivity contribution in [2.45, 2.75) is 27.9 Å². The molecule has 3 rings (SSSR count). The van der Waals surface area contributed by atoms with Gasteiger partial charge >= 0.3 is 0 Å². The molecule has 1 amide bonds. The molecular formula is C14H15N3OS3. The summed E-state index contributed by atoms with van der Waals surface area (Å²) < 4.78 is 1.76. The van der Waals surface area contributed by atoms with E-state index in [0.717, 1.165) is 27.2 Å². The van der Waals surface area contributed by atoms with Crippen LogP contribution in [0.2, 0.25) is 0 Å². The van der Waals surface area contributed by atoms with Crippen molar-refractivity contribution in [3.8, 4) is 0 Å². The van der Waals surface area contributed by atoms with Crippen molar-refractivity contribution in [3.63, 3.8) is 0 Å². The van der Waals surface area contributed by atoms with Gasteiger partial charge in [-0.25, -0.2) is 0 Å². The van der Waals surface area contributed by atoms with Crippen molar-refractivity contribution in [3.05, 3.63) is 29.3 Å². The Balaban J connectivity index is 1.54. The van der Waals surface area contributed by atoms with Gasteiger partial charge in [-0.1, -0.05) is 40.9 Å². The molecule has 1 aromatic heterocycles. The number of hydrogen-bond acceptors (Lipinski definition) is 6. The second-order valence-electron chi connectivity index (χ2n) is 4.71. The van der Waals surface area contributed by atoms with E-state index in [1.165, 1.54) is 40.6 Å². The highest BCUT2D eigenvalue weighted by molar-refractivity contribution is 8.03. The minimum absolute atomic E-state index is 0.00107. The molecule has 0 spiro atoms. The van der Waals surface area contributed by atoms with E-state index < -0.39 is 0 Å². The molecule has 110 valence electrons. The van der Waals surface area contributed by atoms with Crippen LogP contribution in [0.4, 0.5) is 5.69 Å². The number of amides is 1. The van der Waals surface area contributed by atoms with Crippen molar-refractivity contribution in [1.82, 2.24) is 10.2 Å². The number of nitrogens with one attached hydrogen (secondary N) is 1. The fourth-order valence-corrected chi connectivity index (χ4v) is 4.55. The number of hydrogen-bond donors (Lipinski definition) is 1. The monoisotopic (exact) mass is 337 g/mol. The van der Waals surface area contributed by atoms with E-state index in [1.807, 2.05) is 12.3 Å². The summed E-state index contributed by atoms with van der Waals surface area (Å²) in [6.07, 6.45) is 5.47. The average molecular weight is 337 g/mol. The van der Waals surface area contributed by atoms with E-state index in [-0.39, 0.29) is 5.91 Å². The van der Waals surface area contributed by atoms with E-state index in [4.69, 9.17) is 0 Å². The molecular weight excluding hydrogens is 322 g/mol. The number of carbonyl (C=O) groups excluding carboxylic acids is 1. The number of fused-ring (bicyclic) bond motifs is 1. The van der Waals surface area contributed by atoms with Crippen LogP contribution in [0, 0.1) is 0 Å². The standard InChI is InChI=1S/C14H15N3OS3/c1-19-13-16-17-14(21-13)20-8-12(18)15-11-6-5-9-3-2-4-10(9)7-11/h5-7H,2-4,8H2,1H3,(H,15,18). The largest absolute Gasteiger partial charge is 0.325 e. The maximum absolute atomic E-state index is 12.0. The SMILES string of the molecule is CSc1nnc(SCC(=O)Nc2ccc3c(c2)CCC3)s1. The lowest BCUT2D eigenvalue weighted by Crippen LogP contribution is -2.14. The van der Waals surface area contributed by atoms with Gasteiger partial charge < -0.3 is 5.32 Å². The van der Waals surface area contributed by atoms with E-state index in [0.29, 0.717) is 5.75 Å². The average Bonchev–Trinajstić information content (AvgIpc) is 3.13. The third kappa shape index (κ3) is 3.78. The molecule has 1 aliphatic carbocycles. The maximum atomic E-state index is 12.0. The number of aryl methyl sites for hydroxylation is 2. The van der Waals surface area contributed by atoms with E-state index in [9.17, 15) is 4.79 Å². The molecule has 1 N–H and O–H groups in total. The minimum Gasteiger partial charge on any atom is -0.325 e. The van der Waals surface area contributed by atoms with Crippen LogP contribution in [0.5, 0.6) is 0 Å². The van der Waals surface area contributed by atoms with Crippen LogP contribution in [0.1, 0.15) is 17.5 Å². The Hall–Kier alpha value is -1.05. The van der Waals surface area contributed by atoms with E-state index in [2.05, 4.69) is 27.6 Å². The van der Waals surface area contributed by atoms with E-state index >= 15 is 0 Å². The van der Waals surface area contributed by atoms with Crippen LogP contribution in [-0.4, -0.2) is 28.1 Å². The Labute approximate surface area is 136 Å². The number of thioether (sulfide) groups is 2. The molecule has 0 atom stereocenters. The van der Waals surface area contributed by atoms with Crippen molar-refractivity contribution >= 4 is 46.5 Å². The molecule has 0 saturated heterocycles. The van der Waals surface area contributed by atoms with Crippen LogP contribution >= 0.6 is 34.9 Å². The smallest absolute Gasteiger partial charge is 0.234 e. The summed E-state index contributed by atoms with van der Waals surface area (Å²) in [7, 11) is 0. The lowest BCUT2D eigenvalue weighted by atomic mass is 10.1. The van der Waals surface area contributed by atoms with Gasteiger partial charge in [0.05, 0.1) is 5.75 Å². The van der Waals surface area contributed by atoms with Crippen LogP contribution in [0.15, 0.2) is 26.9 Å². The molecule has 0 bridgehead atoms. The van der Waals surface area contributed by atoms with Gasteiger partial charge in [0.2, 0.25) is 5.91 Å².